The Balaban J connectivity index is 2.39. The van der Waals surface area contributed by atoms with Crippen LogP contribution in [-0.2, 0) is 4.79 Å². The van der Waals surface area contributed by atoms with E-state index in [4.69, 9.17) is 16.1 Å². The Morgan fingerprint density at radius 3 is 2.87 bits per heavy atom. The topological polar surface area (TPSA) is 84.2 Å². The SMILES string of the molecule is Cc1cc(NC(=O)NC(=O)CCCl)no1. The highest BCUT2D eigenvalue weighted by Gasteiger charge is 2.08. The van der Waals surface area contributed by atoms with Crippen LogP contribution in [0.15, 0.2) is 10.6 Å². The molecule has 1 aromatic heterocycles. The molecule has 7 heteroatoms. The molecule has 0 aliphatic heterocycles. The molecule has 0 unspecified atom stereocenters. The van der Waals surface area contributed by atoms with Gasteiger partial charge in [-0.05, 0) is 6.92 Å². The lowest BCUT2D eigenvalue weighted by Gasteiger charge is -2.01. The van der Waals surface area contributed by atoms with E-state index in [1.165, 1.54) is 6.07 Å². The summed E-state index contributed by atoms with van der Waals surface area (Å²) >= 11 is 5.32. The van der Waals surface area contributed by atoms with Crippen molar-refractivity contribution in [1.82, 2.24) is 10.5 Å². The summed E-state index contributed by atoms with van der Waals surface area (Å²) in [7, 11) is 0. The maximum absolute atomic E-state index is 11.1. The third-order valence-corrected chi connectivity index (χ3v) is 1.63. The molecule has 0 saturated heterocycles. The number of amides is 3. The minimum atomic E-state index is -0.654. The van der Waals surface area contributed by atoms with Gasteiger partial charge in [0, 0.05) is 18.4 Å². The maximum atomic E-state index is 11.1. The second kappa shape index (κ2) is 5.35. The number of urea groups is 1. The fourth-order valence-corrected chi connectivity index (χ4v) is 1.02. The number of imide groups is 1. The summed E-state index contributed by atoms with van der Waals surface area (Å²) in [4.78, 5) is 22.1. The summed E-state index contributed by atoms with van der Waals surface area (Å²) in [6.45, 7) is 1.69. The Bertz CT molecular complexity index is 364. The van der Waals surface area contributed by atoms with Crippen LogP contribution in [-0.4, -0.2) is 23.0 Å². The van der Waals surface area contributed by atoms with Crippen LogP contribution in [0.2, 0.25) is 0 Å². The number of hydrogen-bond donors (Lipinski definition) is 2. The number of rotatable bonds is 3. The fourth-order valence-electron chi connectivity index (χ4n) is 0.848. The molecule has 0 aliphatic rings. The fraction of sp³-hybridized carbons (Fsp3) is 0.375. The van der Waals surface area contributed by atoms with E-state index in [1.807, 2.05) is 0 Å². The van der Waals surface area contributed by atoms with E-state index in [-0.39, 0.29) is 18.1 Å². The molecular formula is C8H10ClN3O3. The van der Waals surface area contributed by atoms with Crippen molar-refractivity contribution in [2.24, 2.45) is 0 Å². The standard InChI is InChI=1S/C8H10ClN3O3/c1-5-4-6(12-15-5)10-8(14)11-7(13)2-3-9/h4H,2-3H2,1H3,(H2,10,11,12,13,14). The molecule has 0 radical (unpaired) electrons. The molecule has 2 N–H and O–H groups in total. The third kappa shape index (κ3) is 3.99. The Labute approximate surface area is 90.9 Å². The van der Waals surface area contributed by atoms with Gasteiger partial charge < -0.3 is 4.52 Å². The average Bonchev–Trinajstić information content (AvgIpc) is 2.51. The van der Waals surface area contributed by atoms with E-state index in [0.717, 1.165) is 0 Å². The molecule has 0 fully saturated rings. The van der Waals surface area contributed by atoms with Crippen LogP contribution in [0.25, 0.3) is 0 Å². The molecule has 0 bridgehead atoms. The van der Waals surface area contributed by atoms with Gasteiger partial charge in [-0.3, -0.25) is 15.4 Å². The zero-order valence-corrected chi connectivity index (χ0v) is 8.80. The van der Waals surface area contributed by atoms with Crippen molar-refractivity contribution in [3.63, 3.8) is 0 Å². The first-order valence-corrected chi connectivity index (χ1v) is 4.75. The minimum absolute atomic E-state index is 0.0901. The zero-order valence-electron chi connectivity index (χ0n) is 8.04. The lowest BCUT2D eigenvalue weighted by atomic mass is 10.4. The van der Waals surface area contributed by atoms with Crippen molar-refractivity contribution in [1.29, 1.82) is 0 Å². The second-order valence-electron chi connectivity index (χ2n) is 2.76. The van der Waals surface area contributed by atoms with Crippen molar-refractivity contribution in [2.45, 2.75) is 13.3 Å². The highest BCUT2D eigenvalue weighted by atomic mass is 35.5. The second-order valence-corrected chi connectivity index (χ2v) is 3.14. The van der Waals surface area contributed by atoms with Gasteiger partial charge in [0.25, 0.3) is 0 Å². The minimum Gasteiger partial charge on any atom is -0.360 e. The van der Waals surface area contributed by atoms with Gasteiger partial charge in [0.15, 0.2) is 5.82 Å². The Hall–Kier alpha value is -1.56. The third-order valence-electron chi connectivity index (χ3n) is 1.44. The number of nitrogens with zero attached hydrogens (tertiary/aromatic N) is 1. The zero-order chi connectivity index (χ0) is 11.3. The smallest absolute Gasteiger partial charge is 0.327 e. The molecule has 0 saturated carbocycles. The van der Waals surface area contributed by atoms with Crippen molar-refractivity contribution >= 4 is 29.4 Å². The molecule has 0 spiro atoms. The lowest BCUT2D eigenvalue weighted by molar-refractivity contribution is -0.119. The van der Waals surface area contributed by atoms with Crippen LogP contribution in [0.3, 0.4) is 0 Å². The largest absolute Gasteiger partial charge is 0.360 e. The van der Waals surface area contributed by atoms with E-state index in [1.54, 1.807) is 6.92 Å². The molecular weight excluding hydrogens is 222 g/mol. The van der Waals surface area contributed by atoms with Gasteiger partial charge in [0.1, 0.15) is 5.76 Å². The molecule has 0 aliphatic carbocycles. The summed E-state index contributed by atoms with van der Waals surface area (Å²) in [5.74, 6) is 0.547. The molecule has 0 atom stereocenters. The molecule has 6 nitrogen and oxygen atoms in total. The molecule has 3 amide bonds. The van der Waals surface area contributed by atoms with E-state index in [9.17, 15) is 9.59 Å². The van der Waals surface area contributed by atoms with E-state index in [2.05, 4.69) is 15.8 Å². The number of aromatic nitrogens is 1. The van der Waals surface area contributed by atoms with E-state index >= 15 is 0 Å². The van der Waals surface area contributed by atoms with Crippen LogP contribution in [0, 0.1) is 6.92 Å². The van der Waals surface area contributed by atoms with Crippen molar-refractivity contribution in [3.8, 4) is 0 Å². The number of hydrogen-bond acceptors (Lipinski definition) is 4. The molecule has 0 aromatic carbocycles. The quantitative estimate of drug-likeness (QED) is 0.767. The number of carbonyl (C=O) groups is 2. The number of alkyl halides is 1. The first kappa shape index (κ1) is 11.5. The Kier molecular flexibility index (Phi) is 4.11. The molecule has 82 valence electrons. The number of halogens is 1. The molecule has 1 aromatic rings. The number of aryl methyl sites for hydroxylation is 1. The van der Waals surface area contributed by atoms with Crippen LogP contribution in [0.5, 0.6) is 0 Å². The highest BCUT2D eigenvalue weighted by molar-refractivity contribution is 6.19. The Morgan fingerprint density at radius 2 is 2.33 bits per heavy atom. The highest BCUT2D eigenvalue weighted by Crippen LogP contribution is 2.06. The predicted octanol–water partition coefficient (Wildman–Crippen LogP) is 1.26. The van der Waals surface area contributed by atoms with Gasteiger partial charge >= 0.3 is 6.03 Å². The summed E-state index contributed by atoms with van der Waals surface area (Å²) in [5, 5.41) is 7.94. The predicted molar refractivity (Wildman–Crippen MR) is 53.7 cm³/mol. The van der Waals surface area contributed by atoms with Gasteiger partial charge in [-0.1, -0.05) is 5.16 Å². The first-order chi connectivity index (χ1) is 7.11. The van der Waals surface area contributed by atoms with Gasteiger partial charge in [-0.15, -0.1) is 11.6 Å². The van der Waals surface area contributed by atoms with Gasteiger partial charge in [-0.2, -0.15) is 0 Å². The van der Waals surface area contributed by atoms with Crippen LogP contribution < -0.4 is 10.6 Å². The first-order valence-electron chi connectivity index (χ1n) is 4.22. The van der Waals surface area contributed by atoms with Gasteiger partial charge in [0.05, 0.1) is 0 Å². The van der Waals surface area contributed by atoms with Crippen LogP contribution >= 0.6 is 11.6 Å². The van der Waals surface area contributed by atoms with Crippen molar-refractivity contribution < 1.29 is 14.1 Å². The number of carbonyl (C=O) groups excluding carboxylic acids is 2. The van der Waals surface area contributed by atoms with Gasteiger partial charge in [0.2, 0.25) is 5.91 Å². The summed E-state index contributed by atoms with van der Waals surface area (Å²) in [6, 6.07) is 0.879. The summed E-state index contributed by atoms with van der Waals surface area (Å²) in [6.07, 6.45) is 0.0901. The molecule has 1 heterocycles. The number of anilines is 1. The molecule has 15 heavy (non-hydrogen) atoms. The average molecular weight is 232 g/mol. The van der Waals surface area contributed by atoms with Crippen molar-refractivity contribution in [2.75, 3.05) is 11.2 Å². The Morgan fingerprint density at radius 1 is 1.60 bits per heavy atom. The lowest BCUT2D eigenvalue weighted by Crippen LogP contribution is -2.34. The van der Waals surface area contributed by atoms with Gasteiger partial charge in [-0.25, -0.2) is 4.79 Å². The van der Waals surface area contributed by atoms with Crippen LogP contribution in [0.4, 0.5) is 10.6 Å². The maximum Gasteiger partial charge on any atom is 0.327 e. The normalized spacial score (nSPS) is 9.73. The summed E-state index contributed by atoms with van der Waals surface area (Å²) < 4.78 is 4.72. The van der Waals surface area contributed by atoms with E-state index in [0.29, 0.717) is 5.76 Å². The molecule has 1 rings (SSSR count). The van der Waals surface area contributed by atoms with E-state index < -0.39 is 11.9 Å². The van der Waals surface area contributed by atoms with Crippen LogP contribution in [0.1, 0.15) is 12.2 Å². The number of nitrogens with one attached hydrogen (secondary N) is 2. The van der Waals surface area contributed by atoms with Crippen molar-refractivity contribution in [3.05, 3.63) is 11.8 Å². The summed E-state index contributed by atoms with van der Waals surface area (Å²) in [5.41, 5.74) is 0. The monoisotopic (exact) mass is 231 g/mol.